The summed E-state index contributed by atoms with van der Waals surface area (Å²) in [6, 6.07) is 15.3. The highest BCUT2D eigenvalue weighted by Crippen LogP contribution is 2.49. The number of hydrogen-bond donors (Lipinski definition) is 1. The van der Waals surface area contributed by atoms with Gasteiger partial charge in [0.1, 0.15) is 11.7 Å². The minimum Gasteiger partial charge on any atom is -0.468 e. The lowest BCUT2D eigenvalue weighted by Crippen LogP contribution is -2.62. The number of hydrogen-bond acceptors (Lipinski definition) is 3. The van der Waals surface area contributed by atoms with Crippen LogP contribution in [0.1, 0.15) is 30.4 Å². The molecule has 2 aliphatic heterocycles. The van der Waals surface area contributed by atoms with Crippen LogP contribution in [0.15, 0.2) is 48.5 Å². The fourth-order valence-electron chi connectivity index (χ4n) is 4.03. The zero-order valence-electron chi connectivity index (χ0n) is 15.2. The van der Waals surface area contributed by atoms with Crippen LogP contribution < -0.4 is 10.1 Å². The van der Waals surface area contributed by atoms with Crippen LogP contribution in [0.4, 0.5) is 5.69 Å². The van der Waals surface area contributed by atoms with Crippen molar-refractivity contribution in [3.8, 4) is 5.75 Å². The number of nitrogens with zero attached hydrogens (tertiary/aromatic N) is 1. The van der Waals surface area contributed by atoms with Crippen LogP contribution in [0.2, 0.25) is 0 Å². The van der Waals surface area contributed by atoms with E-state index >= 15 is 0 Å². The van der Waals surface area contributed by atoms with Crippen molar-refractivity contribution in [2.75, 3.05) is 12.4 Å². The third-order valence-corrected chi connectivity index (χ3v) is 5.52. The van der Waals surface area contributed by atoms with Gasteiger partial charge in [-0.05, 0) is 43.2 Å². The second-order valence-corrected chi connectivity index (χ2v) is 7.36. The van der Waals surface area contributed by atoms with E-state index < -0.39 is 11.6 Å². The molecular formula is C21H22N2O3. The number of para-hydroxylation sites is 1. The molecule has 2 aromatic carbocycles. The number of anilines is 1. The first-order valence-corrected chi connectivity index (χ1v) is 8.82. The van der Waals surface area contributed by atoms with Crippen molar-refractivity contribution in [3.05, 3.63) is 59.7 Å². The van der Waals surface area contributed by atoms with Crippen molar-refractivity contribution in [3.63, 3.8) is 0 Å². The first kappa shape index (κ1) is 16.6. The number of ether oxygens (including phenoxy) is 1. The van der Waals surface area contributed by atoms with Gasteiger partial charge < -0.3 is 15.0 Å². The number of carbonyl (C=O) groups is 2. The number of nitrogens with one attached hydrogen (secondary N) is 1. The predicted molar refractivity (Wildman–Crippen MR) is 98.9 cm³/mol. The highest BCUT2D eigenvalue weighted by atomic mass is 16.5. The maximum Gasteiger partial charge on any atom is 0.238 e. The van der Waals surface area contributed by atoms with Crippen molar-refractivity contribution in [2.45, 2.75) is 31.9 Å². The van der Waals surface area contributed by atoms with E-state index in [1.54, 1.807) is 11.9 Å². The molecule has 3 atom stereocenters. The first-order valence-electron chi connectivity index (χ1n) is 8.82. The van der Waals surface area contributed by atoms with Gasteiger partial charge >= 0.3 is 0 Å². The van der Waals surface area contributed by atoms with Gasteiger partial charge in [-0.2, -0.15) is 0 Å². The molecule has 1 N–H and O–H groups in total. The molecule has 5 nitrogen and oxygen atoms in total. The smallest absolute Gasteiger partial charge is 0.238 e. The van der Waals surface area contributed by atoms with Gasteiger partial charge in [0, 0.05) is 25.1 Å². The Hall–Kier alpha value is -2.82. The van der Waals surface area contributed by atoms with E-state index in [1.165, 1.54) is 0 Å². The Bertz CT molecular complexity index is 894. The van der Waals surface area contributed by atoms with E-state index in [1.807, 2.05) is 62.4 Å². The van der Waals surface area contributed by atoms with Crippen LogP contribution >= 0.6 is 0 Å². The summed E-state index contributed by atoms with van der Waals surface area (Å²) in [6.07, 6.45) is 0.595. The standard InChI is InChI=1S/C21H22N2O3/c1-13-7-6-8-14(11-13)22-19(24)18-16-12-21(2,23(3)20(18)25)26-17-10-5-4-9-15(16)17/h4-11,16,18H,12H2,1-3H3,(H,22,24)/t16-,18-,21+/m1/s1. The molecular weight excluding hydrogens is 328 g/mol. The van der Waals surface area contributed by atoms with Crippen LogP contribution in [0.5, 0.6) is 5.75 Å². The summed E-state index contributed by atoms with van der Waals surface area (Å²) in [6.45, 7) is 3.87. The van der Waals surface area contributed by atoms with Gasteiger partial charge in [0.25, 0.3) is 0 Å². The van der Waals surface area contributed by atoms with Crippen molar-refractivity contribution in [2.24, 2.45) is 5.92 Å². The van der Waals surface area contributed by atoms with Crippen LogP contribution in [-0.2, 0) is 9.59 Å². The van der Waals surface area contributed by atoms with Gasteiger partial charge in [0.05, 0.1) is 0 Å². The number of carbonyl (C=O) groups excluding carboxylic acids is 2. The molecule has 0 unspecified atom stereocenters. The summed E-state index contributed by atoms with van der Waals surface area (Å²) in [4.78, 5) is 27.7. The number of fused-ring (bicyclic) bond motifs is 4. The van der Waals surface area contributed by atoms with Crippen molar-refractivity contribution < 1.29 is 14.3 Å². The number of aryl methyl sites for hydroxylation is 1. The fraction of sp³-hybridized carbons (Fsp3) is 0.333. The minimum atomic E-state index is -0.765. The summed E-state index contributed by atoms with van der Waals surface area (Å²) < 4.78 is 6.11. The highest BCUT2D eigenvalue weighted by Gasteiger charge is 2.54. The normalized spacial score (nSPS) is 26.7. The molecule has 5 heteroatoms. The topological polar surface area (TPSA) is 58.6 Å². The van der Waals surface area contributed by atoms with E-state index in [0.29, 0.717) is 12.1 Å². The maximum atomic E-state index is 13.0. The van der Waals surface area contributed by atoms with Gasteiger partial charge in [0.2, 0.25) is 11.8 Å². The van der Waals surface area contributed by atoms with Crippen molar-refractivity contribution in [1.29, 1.82) is 0 Å². The Balaban J connectivity index is 1.71. The largest absolute Gasteiger partial charge is 0.468 e. The molecule has 0 radical (unpaired) electrons. The third kappa shape index (κ3) is 2.55. The molecule has 4 rings (SSSR count). The average molecular weight is 350 g/mol. The third-order valence-electron chi connectivity index (χ3n) is 5.52. The predicted octanol–water partition coefficient (Wildman–Crippen LogP) is 3.30. The lowest BCUT2D eigenvalue weighted by Gasteiger charge is -2.51. The SMILES string of the molecule is Cc1cccc(NC(=O)[C@@H]2C(=O)N(C)[C@]3(C)C[C@@H]2c2ccccc2O3)c1. The Morgan fingerprint density at radius 1 is 1.23 bits per heavy atom. The number of rotatable bonds is 2. The first-order chi connectivity index (χ1) is 12.4. The van der Waals surface area contributed by atoms with Crippen LogP contribution in [0.25, 0.3) is 0 Å². The van der Waals surface area contributed by atoms with Gasteiger partial charge in [-0.1, -0.05) is 30.3 Å². The summed E-state index contributed by atoms with van der Waals surface area (Å²) in [5.74, 6) is -0.685. The molecule has 2 bridgehead atoms. The van der Waals surface area contributed by atoms with Gasteiger partial charge in [-0.25, -0.2) is 0 Å². The Morgan fingerprint density at radius 3 is 2.77 bits per heavy atom. The molecule has 134 valence electrons. The summed E-state index contributed by atoms with van der Waals surface area (Å²) in [5.41, 5.74) is 1.96. The summed E-state index contributed by atoms with van der Waals surface area (Å²) >= 11 is 0. The summed E-state index contributed by atoms with van der Waals surface area (Å²) in [5, 5.41) is 2.92. The van der Waals surface area contributed by atoms with Crippen molar-refractivity contribution in [1.82, 2.24) is 4.90 Å². The van der Waals surface area contributed by atoms with Crippen LogP contribution in [0.3, 0.4) is 0 Å². The van der Waals surface area contributed by atoms with E-state index in [0.717, 1.165) is 16.9 Å². The quantitative estimate of drug-likeness (QED) is 0.846. The number of amides is 2. The lowest BCUT2D eigenvalue weighted by molar-refractivity contribution is -0.170. The van der Waals surface area contributed by atoms with E-state index in [4.69, 9.17) is 4.74 Å². The zero-order chi connectivity index (χ0) is 18.5. The van der Waals surface area contributed by atoms with Crippen molar-refractivity contribution >= 4 is 17.5 Å². The number of piperidine rings is 1. The molecule has 0 saturated carbocycles. The maximum absolute atomic E-state index is 13.0. The Morgan fingerprint density at radius 2 is 2.00 bits per heavy atom. The second-order valence-electron chi connectivity index (χ2n) is 7.36. The average Bonchev–Trinajstić information content (AvgIpc) is 2.60. The number of likely N-dealkylation sites (tertiary alicyclic amines) is 1. The molecule has 2 heterocycles. The number of benzene rings is 2. The van der Waals surface area contributed by atoms with Crippen LogP contribution in [-0.4, -0.2) is 29.5 Å². The monoisotopic (exact) mass is 350 g/mol. The van der Waals surface area contributed by atoms with E-state index in [9.17, 15) is 9.59 Å². The molecule has 0 aliphatic carbocycles. The Kier molecular flexibility index (Phi) is 3.75. The molecule has 0 aromatic heterocycles. The molecule has 2 aliphatic rings. The van der Waals surface area contributed by atoms with Gasteiger partial charge in [-0.3, -0.25) is 9.59 Å². The Labute approximate surface area is 153 Å². The van der Waals surface area contributed by atoms with E-state index in [2.05, 4.69) is 5.32 Å². The second kappa shape index (κ2) is 5.87. The van der Waals surface area contributed by atoms with Crippen LogP contribution in [0, 0.1) is 12.8 Å². The van der Waals surface area contributed by atoms with Gasteiger partial charge in [0.15, 0.2) is 5.72 Å². The lowest BCUT2D eigenvalue weighted by atomic mass is 9.73. The molecule has 1 fully saturated rings. The minimum absolute atomic E-state index is 0.196. The molecule has 1 saturated heterocycles. The molecule has 2 amide bonds. The highest BCUT2D eigenvalue weighted by molar-refractivity contribution is 6.08. The summed E-state index contributed by atoms with van der Waals surface area (Å²) in [7, 11) is 1.71. The molecule has 2 aromatic rings. The van der Waals surface area contributed by atoms with Gasteiger partial charge in [-0.15, -0.1) is 0 Å². The zero-order valence-corrected chi connectivity index (χ0v) is 15.2. The molecule has 26 heavy (non-hydrogen) atoms. The fourth-order valence-corrected chi connectivity index (χ4v) is 4.03. The molecule has 0 spiro atoms. The van der Waals surface area contributed by atoms with E-state index in [-0.39, 0.29) is 17.7 Å².